The molecule has 5 nitrogen and oxygen atoms in total. The molecule has 0 atom stereocenters. The first-order chi connectivity index (χ1) is 12.6. The van der Waals surface area contributed by atoms with Crippen molar-refractivity contribution in [2.24, 2.45) is 0 Å². The van der Waals surface area contributed by atoms with Crippen molar-refractivity contribution >= 4 is 16.0 Å². The minimum atomic E-state index is -3.56. The SMILES string of the molecule is O=C(OCCc1ccccc1)c1cccc(S(=O)(=O)N2CCCCC2)c1. The molecule has 1 heterocycles. The average Bonchev–Trinajstić information content (AvgIpc) is 2.69. The van der Waals surface area contributed by atoms with Crippen LogP contribution in [0.5, 0.6) is 0 Å². The Morgan fingerprint density at radius 3 is 2.42 bits per heavy atom. The van der Waals surface area contributed by atoms with Crippen LogP contribution >= 0.6 is 0 Å². The molecule has 0 aromatic heterocycles. The van der Waals surface area contributed by atoms with Crippen LogP contribution in [0.2, 0.25) is 0 Å². The minimum Gasteiger partial charge on any atom is -0.462 e. The predicted molar refractivity (Wildman–Crippen MR) is 99.5 cm³/mol. The van der Waals surface area contributed by atoms with Gasteiger partial charge in [0, 0.05) is 19.5 Å². The van der Waals surface area contributed by atoms with Crippen molar-refractivity contribution in [3.8, 4) is 0 Å². The summed E-state index contributed by atoms with van der Waals surface area (Å²) >= 11 is 0. The van der Waals surface area contributed by atoms with Gasteiger partial charge in [0.25, 0.3) is 0 Å². The molecule has 1 aliphatic heterocycles. The number of hydrogen-bond acceptors (Lipinski definition) is 4. The van der Waals surface area contributed by atoms with Crippen molar-refractivity contribution < 1.29 is 17.9 Å². The van der Waals surface area contributed by atoms with Gasteiger partial charge in [-0.1, -0.05) is 42.8 Å². The standard InChI is InChI=1S/C20H23NO4S/c22-20(25-15-12-17-8-3-1-4-9-17)18-10-7-11-19(16-18)26(23,24)21-13-5-2-6-14-21/h1,3-4,7-11,16H,2,5-6,12-15H2. The smallest absolute Gasteiger partial charge is 0.338 e. The number of rotatable bonds is 6. The lowest BCUT2D eigenvalue weighted by molar-refractivity contribution is 0.0509. The first-order valence-corrected chi connectivity index (χ1v) is 10.3. The lowest BCUT2D eigenvalue weighted by Gasteiger charge is -2.25. The molecule has 3 rings (SSSR count). The fourth-order valence-corrected chi connectivity index (χ4v) is 4.59. The Hall–Kier alpha value is -2.18. The minimum absolute atomic E-state index is 0.150. The molecule has 26 heavy (non-hydrogen) atoms. The van der Waals surface area contributed by atoms with Crippen LogP contribution in [0, 0.1) is 0 Å². The zero-order valence-corrected chi connectivity index (χ0v) is 15.5. The summed E-state index contributed by atoms with van der Waals surface area (Å²) < 4.78 is 32.3. The number of carbonyl (C=O) groups is 1. The van der Waals surface area contributed by atoms with Gasteiger partial charge in [-0.25, -0.2) is 13.2 Å². The maximum atomic E-state index is 12.7. The predicted octanol–water partition coefficient (Wildman–Crippen LogP) is 3.26. The molecule has 0 saturated carbocycles. The molecule has 1 fully saturated rings. The Morgan fingerprint density at radius 2 is 1.69 bits per heavy atom. The van der Waals surface area contributed by atoms with E-state index in [9.17, 15) is 13.2 Å². The van der Waals surface area contributed by atoms with Crippen LogP contribution in [0.1, 0.15) is 35.2 Å². The van der Waals surface area contributed by atoms with Gasteiger partial charge in [0.15, 0.2) is 0 Å². The zero-order chi connectivity index (χ0) is 18.4. The number of carbonyl (C=O) groups excluding carboxylic acids is 1. The van der Waals surface area contributed by atoms with Gasteiger partial charge < -0.3 is 4.74 Å². The van der Waals surface area contributed by atoms with E-state index in [0.29, 0.717) is 19.5 Å². The molecule has 0 aliphatic carbocycles. The van der Waals surface area contributed by atoms with E-state index in [2.05, 4.69) is 0 Å². The number of nitrogens with zero attached hydrogens (tertiary/aromatic N) is 1. The molecule has 0 spiro atoms. The van der Waals surface area contributed by atoms with Crippen molar-refractivity contribution in [2.45, 2.75) is 30.6 Å². The molecule has 1 aliphatic rings. The zero-order valence-electron chi connectivity index (χ0n) is 14.6. The highest BCUT2D eigenvalue weighted by atomic mass is 32.2. The molecule has 2 aromatic carbocycles. The maximum absolute atomic E-state index is 12.7. The van der Waals surface area contributed by atoms with Crippen molar-refractivity contribution in [1.82, 2.24) is 4.31 Å². The molecule has 0 N–H and O–H groups in total. The Labute approximate surface area is 154 Å². The summed E-state index contributed by atoms with van der Waals surface area (Å²) in [4.78, 5) is 12.4. The van der Waals surface area contributed by atoms with Gasteiger partial charge in [-0.15, -0.1) is 0 Å². The summed E-state index contributed by atoms with van der Waals surface area (Å²) in [5.74, 6) is -0.503. The Balaban J connectivity index is 1.65. The lowest BCUT2D eigenvalue weighted by Crippen LogP contribution is -2.35. The molecule has 2 aromatic rings. The molecule has 6 heteroatoms. The summed E-state index contributed by atoms with van der Waals surface area (Å²) in [5.41, 5.74) is 1.35. The van der Waals surface area contributed by atoms with E-state index in [1.807, 2.05) is 30.3 Å². The van der Waals surface area contributed by atoms with Gasteiger partial charge in [0.1, 0.15) is 0 Å². The highest BCUT2D eigenvalue weighted by molar-refractivity contribution is 7.89. The Morgan fingerprint density at radius 1 is 0.962 bits per heavy atom. The first kappa shape index (κ1) is 18.6. The molecule has 0 unspecified atom stereocenters. The van der Waals surface area contributed by atoms with E-state index >= 15 is 0 Å². The summed E-state index contributed by atoms with van der Waals surface area (Å²) in [6.07, 6.45) is 3.43. The van der Waals surface area contributed by atoms with Crippen LogP contribution in [-0.2, 0) is 21.2 Å². The Kier molecular flexibility index (Phi) is 6.06. The third-order valence-corrected chi connectivity index (χ3v) is 6.38. The number of sulfonamides is 1. The topological polar surface area (TPSA) is 63.7 Å². The number of piperidine rings is 1. The van der Waals surface area contributed by atoms with E-state index in [1.165, 1.54) is 16.4 Å². The van der Waals surface area contributed by atoms with Crippen LogP contribution in [0.3, 0.4) is 0 Å². The highest BCUT2D eigenvalue weighted by Gasteiger charge is 2.26. The van der Waals surface area contributed by atoms with Gasteiger partial charge in [-0.2, -0.15) is 4.31 Å². The molecule has 0 radical (unpaired) electrons. The summed E-state index contributed by atoms with van der Waals surface area (Å²) in [7, 11) is -3.56. The number of ether oxygens (including phenoxy) is 1. The van der Waals surface area contributed by atoms with Gasteiger partial charge in [-0.05, 0) is 36.6 Å². The monoisotopic (exact) mass is 373 g/mol. The van der Waals surface area contributed by atoms with Crippen LogP contribution in [0.4, 0.5) is 0 Å². The second-order valence-electron chi connectivity index (χ2n) is 6.36. The number of benzene rings is 2. The molecular formula is C20H23NO4S. The molecule has 138 valence electrons. The van der Waals surface area contributed by atoms with Gasteiger partial charge in [0.05, 0.1) is 17.1 Å². The normalized spacial score (nSPS) is 15.5. The highest BCUT2D eigenvalue weighted by Crippen LogP contribution is 2.21. The van der Waals surface area contributed by atoms with Gasteiger partial charge in [-0.3, -0.25) is 0 Å². The summed E-state index contributed by atoms with van der Waals surface area (Å²) in [5, 5.41) is 0. The van der Waals surface area contributed by atoms with Crippen molar-refractivity contribution in [1.29, 1.82) is 0 Å². The molecule has 1 saturated heterocycles. The third kappa shape index (κ3) is 4.51. The molecule has 0 amide bonds. The average molecular weight is 373 g/mol. The Bertz CT molecular complexity index is 843. The molecule has 0 bridgehead atoms. The van der Waals surface area contributed by atoms with E-state index in [0.717, 1.165) is 24.8 Å². The van der Waals surface area contributed by atoms with Crippen molar-refractivity contribution in [3.63, 3.8) is 0 Å². The van der Waals surface area contributed by atoms with Gasteiger partial charge in [0.2, 0.25) is 10.0 Å². The van der Waals surface area contributed by atoms with E-state index in [-0.39, 0.29) is 17.1 Å². The quantitative estimate of drug-likeness (QED) is 0.729. The molecular weight excluding hydrogens is 350 g/mol. The van der Waals surface area contributed by atoms with Gasteiger partial charge >= 0.3 is 5.97 Å². The maximum Gasteiger partial charge on any atom is 0.338 e. The largest absolute Gasteiger partial charge is 0.462 e. The van der Waals surface area contributed by atoms with E-state index < -0.39 is 16.0 Å². The van der Waals surface area contributed by atoms with Crippen LogP contribution in [0.25, 0.3) is 0 Å². The lowest BCUT2D eigenvalue weighted by atomic mass is 10.2. The van der Waals surface area contributed by atoms with E-state index in [4.69, 9.17) is 4.74 Å². The van der Waals surface area contributed by atoms with Crippen LogP contribution in [0.15, 0.2) is 59.5 Å². The number of hydrogen-bond donors (Lipinski definition) is 0. The second kappa shape index (κ2) is 8.47. The second-order valence-corrected chi connectivity index (χ2v) is 8.30. The number of esters is 1. The fraction of sp³-hybridized carbons (Fsp3) is 0.350. The fourth-order valence-electron chi connectivity index (χ4n) is 3.03. The van der Waals surface area contributed by atoms with E-state index in [1.54, 1.807) is 12.1 Å². The van der Waals surface area contributed by atoms with Crippen molar-refractivity contribution in [2.75, 3.05) is 19.7 Å². The first-order valence-electron chi connectivity index (χ1n) is 8.89. The van der Waals surface area contributed by atoms with Crippen LogP contribution in [-0.4, -0.2) is 38.4 Å². The summed E-state index contributed by atoms with van der Waals surface area (Å²) in [6, 6.07) is 15.9. The third-order valence-electron chi connectivity index (χ3n) is 4.49. The van der Waals surface area contributed by atoms with Crippen molar-refractivity contribution in [3.05, 3.63) is 65.7 Å². The summed E-state index contributed by atoms with van der Waals surface area (Å²) in [6.45, 7) is 1.33. The van der Waals surface area contributed by atoms with Crippen LogP contribution < -0.4 is 0 Å².